The molecule has 10 heavy (non-hydrogen) atoms. The standard InChI is InChI=1S/C5H8O5/c6-3(5(9)10)1-2-4(7)8/h3,6H,1-2H2,(H,7,8)(H,9,10)/i/hD. The van der Waals surface area contributed by atoms with Gasteiger partial charge in [0.25, 0.3) is 1.43 Å². The van der Waals surface area contributed by atoms with Crippen LogP contribution >= 0.6 is 0 Å². The SMILES string of the molecule is [2H]OC(=O)CCC(O)C(=O)O. The summed E-state index contributed by atoms with van der Waals surface area (Å²) in [6, 6.07) is 0. The Morgan fingerprint density at radius 2 is 2.20 bits per heavy atom. The molecule has 0 bridgehead atoms. The highest BCUT2D eigenvalue weighted by Crippen LogP contribution is 1.95. The van der Waals surface area contributed by atoms with Gasteiger partial charge in [-0.3, -0.25) is 4.79 Å². The molecule has 0 aromatic rings. The molecule has 0 aromatic heterocycles. The van der Waals surface area contributed by atoms with E-state index in [1.807, 2.05) is 0 Å². The van der Waals surface area contributed by atoms with Crippen molar-refractivity contribution >= 4 is 11.9 Å². The zero-order valence-corrected chi connectivity index (χ0v) is 5.11. The lowest BCUT2D eigenvalue weighted by Gasteiger charge is -2.00. The third-order valence-corrected chi connectivity index (χ3v) is 0.907. The van der Waals surface area contributed by atoms with Crippen LogP contribution in [-0.4, -0.2) is 33.4 Å². The summed E-state index contributed by atoms with van der Waals surface area (Å²) >= 11 is 0. The Bertz CT molecular complexity index is 157. The molecule has 0 amide bonds. The van der Waals surface area contributed by atoms with Crippen molar-refractivity contribution in [2.45, 2.75) is 18.9 Å². The summed E-state index contributed by atoms with van der Waals surface area (Å²) in [6.07, 6.45) is -2.06. The molecule has 0 saturated heterocycles. The summed E-state index contributed by atoms with van der Waals surface area (Å²) in [5.41, 5.74) is 0. The molecule has 1 atom stereocenters. The van der Waals surface area contributed by atoms with Crippen LogP contribution in [-0.2, 0) is 9.59 Å². The van der Waals surface area contributed by atoms with Crippen LogP contribution in [0.4, 0.5) is 0 Å². The smallest absolute Gasteiger partial charge is 0.332 e. The maximum Gasteiger partial charge on any atom is 0.332 e. The maximum absolute atomic E-state index is 10.2. The van der Waals surface area contributed by atoms with Gasteiger partial charge in [0, 0.05) is 6.42 Å². The molecule has 0 aliphatic carbocycles. The normalized spacial score (nSPS) is 13.5. The van der Waals surface area contributed by atoms with Gasteiger partial charge in [-0.15, -0.1) is 0 Å². The third kappa shape index (κ3) is 3.85. The number of hydrogen-bond acceptors (Lipinski definition) is 4. The number of aliphatic hydroxyl groups is 1. The largest absolute Gasteiger partial charge is 0.481 e. The van der Waals surface area contributed by atoms with Gasteiger partial charge in [0.2, 0.25) is 0 Å². The molecule has 0 heterocycles. The monoisotopic (exact) mass is 149 g/mol. The Labute approximate surface area is 58.4 Å². The van der Waals surface area contributed by atoms with Crippen LogP contribution in [0.5, 0.6) is 0 Å². The van der Waals surface area contributed by atoms with E-state index in [9.17, 15) is 9.59 Å². The third-order valence-electron chi connectivity index (χ3n) is 0.907. The molecule has 0 radical (unpaired) electrons. The number of hydrogen-bond donors (Lipinski definition) is 3. The van der Waals surface area contributed by atoms with Crippen LogP contribution in [0, 0.1) is 0 Å². The molecule has 3 N–H and O–H groups in total. The zero-order valence-electron chi connectivity index (χ0n) is 6.11. The fourth-order valence-corrected chi connectivity index (χ4v) is 0.378. The van der Waals surface area contributed by atoms with Crippen LogP contribution in [0.3, 0.4) is 0 Å². The van der Waals surface area contributed by atoms with Gasteiger partial charge in [0.15, 0.2) is 6.10 Å². The van der Waals surface area contributed by atoms with Crippen molar-refractivity contribution in [3.05, 3.63) is 0 Å². The first-order valence-corrected chi connectivity index (χ1v) is 2.64. The fraction of sp³-hybridized carbons (Fsp3) is 0.600. The van der Waals surface area contributed by atoms with Crippen LogP contribution < -0.4 is 0 Å². The van der Waals surface area contributed by atoms with Crippen LogP contribution in [0.2, 0.25) is 0 Å². The molecule has 5 heteroatoms. The Morgan fingerprint density at radius 3 is 2.60 bits per heavy atom. The van der Waals surface area contributed by atoms with Crippen LogP contribution in [0.15, 0.2) is 0 Å². The van der Waals surface area contributed by atoms with Gasteiger partial charge >= 0.3 is 11.9 Å². The Hall–Kier alpha value is -1.10. The minimum atomic E-state index is -1.56. The summed E-state index contributed by atoms with van der Waals surface area (Å²) in [4.78, 5) is 20.2. The number of carbonyl (C=O) groups is 2. The molecule has 0 aromatic carbocycles. The van der Waals surface area contributed by atoms with E-state index in [-0.39, 0.29) is 12.8 Å². The average Bonchev–Trinajstić information content (AvgIpc) is 1.99. The van der Waals surface area contributed by atoms with E-state index in [1.165, 1.54) is 0 Å². The second-order valence-electron chi connectivity index (χ2n) is 1.76. The number of aliphatic hydroxyl groups excluding tert-OH is 1. The molecular weight excluding hydrogens is 140 g/mol. The van der Waals surface area contributed by atoms with Crippen molar-refractivity contribution in [2.24, 2.45) is 0 Å². The van der Waals surface area contributed by atoms with Crippen LogP contribution in [0.1, 0.15) is 12.8 Å². The minimum absolute atomic E-state index is 0.229. The van der Waals surface area contributed by atoms with E-state index in [0.29, 0.717) is 0 Å². The second-order valence-corrected chi connectivity index (χ2v) is 1.76. The van der Waals surface area contributed by atoms with E-state index in [4.69, 9.17) is 11.6 Å². The van der Waals surface area contributed by atoms with E-state index >= 15 is 0 Å². The first kappa shape index (κ1) is 7.01. The quantitative estimate of drug-likeness (QED) is 0.491. The summed E-state index contributed by atoms with van der Waals surface area (Å²) in [7, 11) is 0. The molecule has 0 aliphatic rings. The zero-order chi connectivity index (χ0) is 8.85. The molecular formula is C5H8O5. The van der Waals surface area contributed by atoms with Gasteiger partial charge in [0.1, 0.15) is 0 Å². The van der Waals surface area contributed by atoms with Crippen molar-refractivity contribution in [3.8, 4) is 0 Å². The van der Waals surface area contributed by atoms with Gasteiger partial charge in [-0.25, -0.2) is 4.79 Å². The van der Waals surface area contributed by atoms with Gasteiger partial charge in [-0.1, -0.05) is 0 Å². The predicted octanol–water partition coefficient (Wildman–Crippen LogP) is -0.703. The van der Waals surface area contributed by atoms with Gasteiger partial charge in [-0.05, 0) is 6.42 Å². The van der Waals surface area contributed by atoms with Crippen molar-refractivity contribution in [3.63, 3.8) is 0 Å². The lowest BCUT2D eigenvalue weighted by molar-refractivity contribution is -0.147. The summed E-state index contributed by atoms with van der Waals surface area (Å²) in [6.45, 7) is 0. The van der Waals surface area contributed by atoms with E-state index in [0.717, 1.165) is 0 Å². The number of carboxylic acids is 2. The Balaban J connectivity index is 3.54. The molecule has 1 unspecified atom stereocenters. The number of carboxylic acid groups (broad SMARTS) is 2. The highest BCUT2D eigenvalue weighted by atomic mass is 16.4. The molecule has 0 fully saturated rings. The van der Waals surface area contributed by atoms with Gasteiger partial charge in [0.05, 0.1) is 0 Å². The number of aliphatic carboxylic acids is 2. The Morgan fingerprint density at radius 1 is 1.60 bits per heavy atom. The van der Waals surface area contributed by atoms with E-state index in [2.05, 4.69) is 5.11 Å². The fourth-order valence-electron chi connectivity index (χ4n) is 0.378. The summed E-state index contributed by atoms with van der Waals surface area (Å²) < 4.78 is 6.08. The minimum Gasteiger partial charge on any atom is -0.481 e. The molecule has 0 saturated carbocycles. The van der Waals surface area contributed by atoms with Crippen molar-refractivity contribution in [1.29, 1.82) is 1.43 Å². The first-order valence-electron chi connectivity index (χ1n) is 3.05. The second kappa shape index (κ2) is 3.84. The summed E-state index contributed by atoms with van der Waals surface area (Å²) in [5, 5.41) is 20.2. The topological polar surface area (TPSA) is 94.8 Å². The number of rotatable bonds is 4. The molecule has 0 spiro atoms. The van der Waals surface area contributed by atoms with Crippen molar-refractivity contribution in [2.75, 3.05) is 0 Å². The van der Waals surface area contributed by atoms with Gasteiger partial charge in [-0.2, -0.15) is 0 Å². The highest BCUT2D eigenvalue weighted by Gasteiger charge is 2.13. The molecule has 0 rings (SSSR count). The molecule has 0 aliphatic heterocycles. The van der Waals surface area contributed by atoms with Crippen molar-refractivity contribution in [1.82, 2.24) is 0 Å². The maximum atomic E-state index is 10.2. The van der Waals surface area contributed by atoms with E-state index < -0.39 is 18.0 Å². The Kier molecular flexibility index (Phi) is 2.69. The van der Waals surface area contributed by atoms with Gasteiger partial charge < -0.3 is 15.3 Å². The molecule has 5 nitrogen and oxygen atoms in total. The van der Waals surface area contributed by atoms with Crippen molar-refractivity contribution < 1.29 is 24.9 Å². The van der Waals surface area contributed by atoms with E-state index in [1.54, 1.807) is 0 Å². The van der Waals surface area contributed by atoms with Crippen LogP contribution in [0.25, 0.3) is 1.43 Å². The average molecular weight is 149 g/mol. The predicted molar refractivity (Wildman–Crippen MR) is 30.5 cm³/mol. The lowest BCUT2D eigenvalue weighted by Crippen LogP contribution is -2.20. The molecule has 58 valence electrons. The first-order chi connectivity index (χ1) is 5.07. The summed E-state index contributed by atoms with van der Waals surface area (Å²) in [5.74, 6) is -2.24. The lowest BCUT2D eigenvalue weighted by atomic mass is 10.2. The highest BCUT2D eigenvalue weighted by molar-refractivity contribution is 5.73.